The number of carbonyl (C=O) groups is 2. The molecule has 1 N–H and O–H groups in total. The summed E-state index contributed by atoms with van der Waals surface area (Å²) in [4.78, 5) is 25.5. The van der Waals surface area contributed by atoms with Gasteiger partial charge in [-0.15, -0.1) is 0 Å². The molecule has 172 valence electrons. The molecule has 1 aromatic heterocycles. The Bertz CT molecular complexity index is 1210. The molecule has 0 unspecified atom stereocenters. The Hall–Kier alpha value is -2.84. The fraction of sp³-hybridized carbons (Fsp3) is 0.261. The van der Waals surface area contributed by atoms with Crippen LogP contribution < -0.4 is 5.32 Å². The van der Waals surface area contributed by atoms with E-state index in [4.69, 9.17) is 23.2 Å². The lowest BCUT2D eigenvalue weighted by atomic mass is 10.0. The summed E-state index contributed by atoms with van der Waals surface area (Å²) >= 11 is 12.0. The van der Waals surface area contributed by atoms with Gasteiger partial charge in [-0.25, -0.2) is 0 Å². The van der Waals surface area contributed by atoms with Crippen LogP contribution in [0.5, 0.6) is 0 Å². The maximum Gasteiger partial charge on any atom is 0.436 e. The van der Waals surface area contributed by atoms with Gasteiger partial charge in [-0.1, -0.05) is 53.5 Å². The molecule has 5 nitrogen and oxygen atoms in total. The third-order valence-electron chi connectivity index (χ3n) is 5.25. The van der Waals surface area contributed by atoms with E-state index in [0.29, 0.717) is 16.3 Å². The summed E-state index contributed by atoms with van der Waals surface area (Å²) in [6.45, 7) is -0.0803. The summed E-state index contributed by atoms with van der Waals surface area (Å²) < 4.78 is 40.8. The average Bonchev–Trinajstić information content (AvgIpc) is 3.55. The number of amides is 1. The molecule has 1 aliphatic rings. The first kappa shape index (κ1) is 23.3. The van der Waals surface area contributed by atoms with E-state index in [1.165, 1.54) is 22.9 Å². The van der Waals surface area contributed by atoms with Crippen molar-refractivity contribution in [3.8, 4) is 0 Å². The fourth-order valence-corrected chi connectivity index (χ4v) is 4.10. The zero-order valence-corrected chi connectivity index (χ0v) is 18.6. The molecule has 0 bridgehead atoms. The van der Waals surface area contributed by atoms with Gasteiger partial charge in [-0.2, -0.15) is 18.3 Å². The molecule has 1 aliphatic carbocycles. The Morgan fingerprint density at radius 2 is 1.79 bits per heavy atom. The standard InChI is InChI=1S/C23H18Cl2F3N3O2/c24-15-8-9-17(16(12-15)21(33)14-4-2-1-3-5-14)29-18(32)10-11-31-20(13-6-7-13)19(25)22(30-31)23(26,27)28/h1-5,8-9,12-13H,6-7,10-11H2,(H,29,32). The highest BCUT2D eigenvalue weighted by atomic mass is 35.5. The highest BCUT2D eigenvalue weighted by Crippen LogP contribution is 2.46. The normalized spacial score (nSPS) is 13.7. The van der Waals surface area contributed by atoms with Gasteiger partial charge in [0, 0.05) is 28.5 Å². The minimum atomic E-state index is -4.68. The summed E-state index contributed by atoms with van der Waals surface area (Å²) in [6.07, 6.45) is -3.38. The van der Waals surface area contributed by atoms with Gasteiger partial charge in [0.05, 0.1) is 22.9 Å². The fourth-order valence-electron chi connectivity index (χ4n) is 3.53. The number of anilines is 1. The van der Waals surface area contributed by atoms with Crippen LogP contribution in [0.2, 0.25) is 10.0 Å². The van der Waals surface area contributed by atoms with E-state index in [0.717, 1.165) is 12.8 Å². The van der Waals surface area contributed by atoms with Gasteiger partial charge in [-0.05, 0) is 31.0 Å². The van der Waals surface area contributed by atoms with E-state index in [1.807, 2.05) is 0 Å². The molecule has 3 aromatic rings. The Morgan fingerprint density at radius 1 is 1.09 bits per heavy atom. The molecule has 1 saturated carbocycles. The predicted octanol–water partition coefficient (Wildman–Crippen LogP) is 6.35. The first-order valence-corrected chi connectivity index (χ1v) is 10.9. The number of hydrogen-bond acceptors (Lipinski definition) is 3. The first-order valence-electron chi connectivity index (χ1n) is 10.2. The van der Waals surface area contributed by atoms with Crippen molar-refractivity contribution in [3.05, 3.63) is 81.1 Å². The number of ketones is 1. The van der Waals surface area contributed by atoms with Crippen molar-refractivity contribution in [2.45, 2.75) is 37.9 Å². The van der Waals surface area contributed by atoms with Crippen LogP contribution in [0.3, 0.4) is 0 Å². The number of halogens is 5. The van der Waals surface area contributed by atoms with Crippen molar-refractivity contribution in [2.24, 2.45) is 0 Å². The Balaban J connectivity index is 1.51. The zero-order valence-electron chi connectivity index (χ0n) is 17.1. The highest BCUT2D eigenvalue weighted by Gasteiger charge is 2.42. The van der Waals surface area contributed by atoms with Gasteiger partial charge < -0.3 is 5.32 Å². The van der Waals surface area contributed by atoms with E-state index in [1.54, 1.807) is 30.3 Å². The number of hydrogen-bond donors (Lipinski definition) is 1. The second-order valence-electron chi connectivity index (χ2n) is 7.73. The van der Waals surface area contributed by atoms with E-state index >= 15 is 0 Å². The quantitative estimate of drug-likeness (QED) is 0.388. The number of nitrogens with one attached hydrogen (secondary N) is 1. The van der Waals surface area contributed by atoms with Crippen LogP contribution in [0.1, 0.15) is 52.5 Å². The molecule has 1 heterocycles. The van der Waals surface area contributed by atoms with Crippen LogP contribution in [-0.4, -0.2) is 21.5 Å². The minimum Gasteiger partial charge on any atom is -0.325 e. The van der Waals surface area contributed by atoms with Crippen LogP contribution in [0, 0.1) is 0 Å². The molecule has 2 aromatic carbocycles. The van der Waals surface area contributed by atoms with Crippen LogP contribution in [-0.2, 0) is 17.5 Å². The van der Waals surface area contributed by atoms with E-state index in [9.17, 15) is 22.8 Å². The summed E-state index contributed by atoms with van der Waals surface area (Å²) in [5.74, 6) is -0.894. The van der Waals surface area contributed by atoms with Gasteiger partial charge in [0.15, 0.2) is 11.5 Å². The maximum atomic E-state index is 13.2. The number of alkyl halides is 3. The van der Waals surface area contributed by atoms with Gasteiger partial charge in [0.25, 0.3) is 0 Å². The van der Waals surface area contributed by atoms with Crippen molar-refractivity contribution < 1.29 is 22.8 Å². The SMILES string of the molecule is O=C(CCn1nc(C(F)(F)F)c(Cl)c1C1CC1)Nc1ccc(Cl)cc1C(=O)c1ccccc1. The van der Waals surface area contributed by atoms with Gasteiger partial charge in [0.2, 0.25) is 5.91 Å². The topological polar surface area (TPSA) is 64.0 Å². The minimum absolute atomic E-state index is 0.0803. The van der Waals surface area contributed by atoms with Crippen molar-refractivity contribution >= 4 is 40.6 Å². The third-order valence-corrected chi connectivity index (χ3v) is 5.86. The monoisotopic (exact) mass is 495 g/mol. The number of aromatic nitrogens is 2. The van der Waals surface area contributed by atoms with Gasteiger partial charge in [-0.3, -0.25) is 14.3 Å². The number of benzene rings is 2. The molecular formula is C23H18Cl2F3N3O2. The third kappa shape index (κ3) is 5.23. The lowest BCUT2D eigenvalue weighted by Gasteiger charge is -2.12. The van der Waals surface area contributed by atoms with Crippen LogP contribution in [0.15, 0.2) is 48.5 Å². The number of carbonyl (C=O) groups excluding carboxylic acids is 2. The predicted molar refractivity (Wildman–Crippen MR) is 119 cm³/mol. The highest BCUT2D eigenvalue weighted by molar-refractivity contribution is 6.32. The number of rotatable bonds is 7. The van der Waals surface area contributed by atoms with Crippen LogP contribution in [0.25, 0.3) is 0 Å². The summed E-state index contributed by atoms with van der Waals surface area (Å²) in [5, 5.41) is 6.21. The smallest absolute Gasteiger partial charge is 0.325 e. The molecule has 33 heavy (non-hydrogen) atoms. The Labute approximate surface area is 197 Å². The Morgan fingerprint density at radius 3 is 2.42 bits per heavy atom. The second kappa shape index (κ2) is 9.19. The number of aryl methyl sites for hydroxylation is 1. The molecule has 1 amide bonds. The second-order valence-corrected chi connectivity index (χ2v) is 8.54. The molecule has 0 atom stereocenters. The molecule has 0 saturated heterocycles. The molecule has 0 aliphatic heterocycles. The largest absolute Gasteiger partial charge is 0.436 e. The summed E-state index contributed by atoms with van der Waals surface area (Å²) in [6, 6.07) is 13.0. The molecular weight excluding hydrogens is 478 g/mol. The van der Waals surface area contributed by atoms with E-state index in [-0.39, 0.29) is 35.9 Å². The van der Waals surface area contributed by atoms with E-state index < -0.39 is 22.8 Å². The average molecular weight is 496 g/mol. The number of nitrogens with zero attached hydrogens (tertiary/aromatic N) is 2. The lowest BCUT2D eigenvalue weighted by molar-refractivity contribution is -0.141. The van der Waals surface area contributed by atoms with Crippen molar-refractivity contribution in [2.75, 3.05) is 5.32 Å². The van der Waals surface area contributed by atoms with Crippen molar-refractivity contribution in [1.29, 1.82) is 0 Å². The van der Waals surface area contributed by atoms with Gasteiger partial charge in [0.1, 0.15) is 0 Å². The van der Waals surface area contributed by atoms with Gasteiger partial charge >= 0.3 is 6.18 Å². The summed E-state index contributed by atoms with van der Waals surface area (Å²) in [7, 11) is 0. The molecule has 1 fully saturated rings. The first-order chi connectivity index (χ1) is 15.6. The summed E-state index contributed by atoms with van der Waals surface area (Å²) in [5.41, 5.74) is 0.0655. The molecule has 10 heteroatoms. The van der Waals surface area contributed by atoms with Crippen LogP contribution >= 0.6 is 23.2 Å². The maximum absolute atomic E-state index is 13.2. The molecule has 0 radical (unpaired) electrons. The Kier molecular flexibility index (Phi) is 6.50. The molecule has 4 rings (SSSR count). The lowest BCUT2D eigenvalue weighted by Crippen LogP contribution is -2.18. The van der Waals surface area contributed by atoms with Crippen molar-refractivity contribution in [1.82, 2.24) is 9.78 Å². The zero-order chi connectivity index (χ0) is 23.8. The molecule has 0 spiro atoms. The van der Waals surface area contributed by atoms with E-state index in [2.05, 4.69) is 10.4 Å². The van der Waals surface area contributed by atoms with Crippen molar-refractivity contribution in [3.63, 3.8) is 0 Å². The van der Waals surface area contributed by atoms with Crippen LogP contribution in [0.4, 0.5) is 18.9 Å².